The van der Waals surface area contributed by atoms with Crippen molar-refractivity contribution in [1.29, 1.82) is 0 Å². The van der Waals surface area contributed by atoms with Crippen LogP contribution in [0.1, 0.15) is 53.9 Å². The summed E-state index contributed by atoms with van der Waals surface area (Å²) in [7, 11) is 3.95. The standard InChI is InChI=1S/C21H40N4O2/c1-17(2)8-11-25-19(27)24(15-14-22(6)7)18(26)21(25)9-12-23(13-10-21)16-20(3,4)5/h17H,8-16H2,1-7H3. The molecule has 0 aromatic rings. The van der Waals surface area contributed by atoms with Crippen LogP contribution in [0.15, 0.2) is 0 Å². The molecule has 0 atom stereocenters. The molecular formula is C21H40N4O2. The van der Waals surface area contributed by atoms with E-state index in [1.54, 1.807) is 0 Å². The van der Waals surface area contributed by atoms with Crippen LogP contribution in [0.4, 0.5) is 4.79 Å². The summed E-state index contributed by atoms with van der Waals surface area (Å²) in [5.41, 5.74) is -0.373. The highest BCUT2D eigenvalue weighted by Gasteiger charge is 2.57. The molecule has 156 valence electrons. The van der Waals surface area contributed by atoms with Crippen LogP contribution in [0.5, 0.6) is 0 Å². The Balaban J connectivity index is 2.17. The summed E-state index contributed by atoms with van der Waals surface area (Å²) in [6, 6.07) is -0.0771. The quantitative estimate of drug-likeness (QED) is 0.637. The number of likely N-dealkylation sites (tertiary alicyclic amines) is 1. The van der Waals surface area contributed by atoms with Gasteiger partial charge < -0.3 is 14.7 Å². The van der Waals surface area contributed by atoms with E-state index in [1.807, 2.05) is 23.9 Å². The van der Waals surface area contributed by atoms with E-state index in [1.165, 1.54) is 4.90 Å². The molecule has 2 heterocycles. The van der Waals surface area contributed by atoms with Crippen LogP contribution in [-0.2, 0) is 4.79 Å². The fraction of sp³-hybridized carbons (Fsp3) is 0.905. The maximum atomic E-state index is 13.4. The topological polar surface area (TPSA) is 47.1 Å². The highest BCUT2D eigenvalue weighted by molar-refractivity contribution is 6.07. The molecule has 6 heteroatoms. The van der Waals surface area contributed by atoms with Gasteiger partial charge in [-0.05, 0) is 44.7 Å². The molecule has 0 aromatic heterocycles. The lowest BCUT2D eigenvalue weighted by Gasteiger charge is -2.43. The summed E-state index contributed by atoms with van der Waals surface area (Å²) in [5, 5.41) is 0. The number of hydrogen-bond acceptors (Lipinski definition) is 4. The molecule has 3 amide bonds. The molecule has 0 unspecified atom stereocenters. The van der Waals surface area contributed by atoms with Crippen LogP contribution in [0.3, 0.4) is 0 Å². The van der Waals surface area contributed by atoms with Crippen LogP contribution >= 0.6 is 0 Å². The lowest BCUT2D eigenvalue weighted by molar-refractivity contribution is -0.136. The molecule has 27 heavy (non-hydrogen) atoms. The number of urea groups is 1. The maximum Gasteiger partial charge on any atom is 0.327 e. The Morgan fingerprint density at radius 3 is 2.15 bits per heavy atom. The fourth-order valence-corrected chi connectivity index (χ4v) is 4.21. The van der Waals surface area contributed by atoms with Gasteiger partial charge in [-0.2, -0.15) is 0 Å². The molecular weight excluding hydrogens is 340 g/mol. The van der Waals surface area contributed by atoms with Gasteiger partial charge in [0.2, 0.25) is 0 Å². The fourth-order valence-electron chi connectivity index (χ4n) is 4.21. The molecule has 6 nitrogen and oxygen atoms in total. The van der Waals surface area contributed by atoms with Gasteiger partial charge in [-0.15, -0.1) is 0 Å². The van der Waals surface area contributed by atoms with Gasteiger partial charge in [0.1, 0.15) is 5.54 Å². The Bertz CT molecular complexity index is 531. The minimum atomic E-state index is -0.618. The summed E-state index contributed by atoms with van der Waals surface area (Å²) < 4.78 is 0. The molecule has 0 N–H and O–H groups in total. The van der Waals surface area contributed by atoms with Crippen molar-refractivity contribution in [2.75, 3.05) is 53.4 Å². The predicted molar refractivity (Wildman–Crippen MR) is 110 cm³/mol. The zero-order valence-corrected chi connectivity index (χ0v) is 18.5. The average Bonchev–Trinajstić information content (AvgIpc) is 2.72. The van der Waals surface area contributed by atoms with E-state index in [4.69, 9.17) is 0 Å². The molecule has 2 aliphatic rings. The average molecular weight is 381 g/mol. The number of hydrogen-bond donors (Lipinski definition) is 0. The Morgan fingerprint density at radius 1 is 1.07 bits per heavy atom. The van der Waals surface area contributed by atoms with E-state index in [-0.39, 0.29) is 17.4 Å². The van der Waals surface area contributed by atoms with Gasteiger partial charge in [0.25, 0.3) is 5.91 Å². The number of carbonyl (C=O) groups is 2. The van der Waals surface area contributed by atoms with E-state index in [9.17, 15) is 9.59 Å². The summed E-state index contributed by atoms with van der Waals surface area (Å²) in [5.74, 6) is 0.551. The first-order valence-corrected chi connectivity index (χ1v) is 10.5. The molecule has 1 spiro atoms. The van der Waals surface area contributed by atoms with Crippen molar-refractivity contribution in [3.63, 3.8) is 0 Å². The summed E-state index contributed by atoms with van der Waals surface area (Å²) in [6.07, 6.45) is 2.45. The number of likely N-dealkylation sites (N-methyl/N-ethyl adjacent to an activating group) is 1. The van der Waals surface area contributed by atoms with Crippen LogP contribution in [0.25, 0.3) is 0 Å². The molecule has 0 bridgehead atoms. The van der Waals surface area contributed by atoms with Gasteiger partial charge in [0, 0.05) is 39.3 Å². The minimum absolute atomic E-state index is 0.0357. The van der Waals surface area contributed by atoms with Crippen molar-refractivity contribution in [3.8, 4) is 0 Å². The van der Waals surface area contributed by atoms with Crippen molar-refractivity contribution in [3.05, 3.63) is 0 Å². The van der Waals surface area contributed by atoms with Crippen molar-refractivity contribution in [2.24, 2.45) is 11.3 Å². The molecule has 2 aliphatic heterocycles. The van der Waals surface area contributed by atoms with Crippen molar-refractivity contribution in [1.82, 2.24) is 19.6 Å². The summed E-state index contributed by atoms with van der Waals surface area (Å²) >= 11 is 0. The first kappa shape index (κ1) is 22.2. The Kier molecular flexibility index (Phi) is 6.96. The molecule has 2 fully saturated rings. The lowest BCUT2D eigenvalue weighted by atomic mass is 9.84. The van der Waals surface area contributed by atoms with Crippen LogP contribution in [-0.4, -0.2) is 90.4 Å². The molecule has 0 radical (unpaired) electrons. The van der Waals surface area contributed by atoms with Gasteiger partial charge in [0.15, 0.2) is 0 Å². The van der Waals surface area contributed by atoms with Crippen LogP contribution in [0.2, 0.25) is 0 Å². The van der Waals surface area contributed by atoms with Crippen molar-refractivity contribution in [2.45, 2.75) is 59.4 Å². The SMILES string of the molecule is CC(C)CCN1C(=O)N(CCN(C)C)C(=O)C12CCN(CC(C)(C)C)CC2. The van der Waals surface area contributed by atoms with E-state index < -0.39 is 5.54 Å². The Morgan fingerprint density at radius 2 is 1.67 bits per heavy atom. The van der Waals surface area contributed by atoms with E-state index in [2.05, 4.69) is 39.5 Å². The summed E-state index contributed by atoms with van der Waals surface area (Å²) in [6.45, 7) is 15.8. The van der Waals surface area contributed by atoms with Gasteiger partial charge in [-0.3, -0.25) is 9.69 Å². The van der Waals surface area contributed by atoms with E-state index in [0.29, 0.717) is 25.6 Å². The van der Waals surface area contributed by atoms with Gasteiger partial charge in [-0.1, -0.05) is 34.6 Å². The number of piperidine rings is 1. The highest BCUT2D eigenvalue weighted by atomic mass is 16.2. The van der Waals surface area contributed by atoms with Crippen molar-refractivity contribution < 1.29 is 9.59 Å². The smallest absolute Gasteiger partial charge is 0.309 e. The van der Waals surface area contributed by atoms with Crippen LogP contribution < -0.4 is 0 Å². The largest absolute Gasteiger partial charge is 0.327 e. The Hall–Kier alpha value is -1.14. The second-order valence-corrected chi connectivity index (χ2v) is 10.2. The molecule has 2 rings (SSSR count). The number of carbonyl (C=O) groups excluding carboxylic acids is 2. The zero-order valence-electron chi connectivity index (χ0n) is 18.5. The van der Waals surface area contributed by atoms with E-state index in [0.717, 1.165) is 38.9 Å². The lowest BCUT2D eigenvalue weighted by Crippen LogP contribution is -2.57. The first-order valence-electron chi connectivity index (χ1n) is 10.5. The predicted octanol–water partition coefficient (Wildman–Crippen LogP) is 2.74. The molecule has 0 saturated carbocycles. The number of rotatable bonds is 7. The molecule has 2 saturated heterocycles. The highest BCUT2D eigenvalue weighted by Crippen LogP contribution is 2.38. The maximum absolute atomic E-state index is 13.4. The normalized spacial score (nSPS) is 21.4. The number of nitrogens with zero attached hydrogens (tertiary/aromatic N) is 4. The first-order chi connectivity index (χ1) is 12.5. The van der Waals surface area contributed by atoms with Gasteiger partial charge in [-0.25, -0.2) is 4.79 Å². The molecule has 0 aliphatic carbocycles. The second kappa shape index (κ2) is 8.48. The third kappa shape index (κ3) is 5.23. The van der Waals surface area contributed by atoms with E-state index >= 15 is 0 Å². The second-order valence-electron chi connectivity index (χ2n) is 10.2. The third-order valence-corrected chi connectivity index (χ3v) is 5.70. The summed E-state index contributed by atoms with van der Waals surface area (Å²) in [4.78, 5) is 34.4. The monoisotopic (exact) mass is 380 g/mol. The van der Waals surface area contributed by atoms with Crippen molar-refractivity contribution >= 4 is 11.9 Å². The Labute approximate surface area is 165 Å². The van der Waals surface area contributed by atoms with Gasteiger partial charge in [0.05, 0.1) is 0 Å². The number of amides is 3. The zero-order chi connectivity index (χ0) is 20.4. The van der Waals surface area contributed by atoms with Gasteiger partial charge >= 0.3 is 6.03 Å². The minimum Gasteiger partial charge on any atom is -0.309 e. The third-order valence-electron chi connectivity index (χ3n) is 5.70. The number of imide groups is 1. The molecule has 0 aromatic carbocycles. The van der Waals surface area contributed by atoms with Crippen LogP contribution in [0, 0.1) is 11.3 Å².